The van der Waals surface area contributed by atoms with Gasteiger partial charge in [0.1, 0.15) is 0 Å². The molecule has 0 aliphatic carbocycles. The second-order valence-corrected chi connectivity index (χ2v) is 2.32. The molecule has 0 amide bonds. The highest BCUT2D eigenvalue weighted by atomic mass is 14.6. The Labute approximate surface area is 67.6 Å². The molecule has 0 spiro atoms. The molecule has 1 aromatic rings. The first-order chi connectivity index (χ1) is 5.20. The molecule has 0 aliphatic heterocycles. The van der Waals surface area contributed by atoms with Gasteiger partial charge in [-0.2, -0.15) is 0 Å². The van der Waals surface area contributed by atoms with E-state index in [2.05, 4.69) is 43.8 Å². The Balaban J connectivity index is 0.000000292. The van der Waals surface area contributed by atoms with Crippen LogP contribution in [0.5, 0.6) is 0 Å². The van der Waals surface area contributed by atoms with Gasteiger partial charge in [-0.3, -0.25) is 5.41 Å². The summed E-state index contributed by atoms with van der Waals surface area (Å²) in [5.41, 5.74) is 7.06. The fraction of sp³-hybridized carbons (Fsp3) is 0.222. The minimum absolute atomic E-state index is 0.750. The Morgan fingerprint density at radius 2 is 1.64 bits per heavy atom. The zero-order valence-electron chi connectivity index (χ0n) is 6.96. The summed E-state index contributed by atoms with van der Waals surface area (Å²) in [6.45, 7) is 4.21. The van der Waals surface area contributed by atoms with Crippen LogP contribution in [0.25, 0.3) is 0 Å². The van der Waals surface area contributed by atoms with E-state index in [1.807, 2.05) is 0 Å². The summed E-state index contributed by atoms with van der Waals surface area (Å²) in [6.07, 6.45) is 0.750. The Kier molecular flexibility index (Phi) is 4.82. The van der Waals surface area contributed by atoms with Gasteiger partial charge < -0.3 is 5.73 Å². The van der Waals surface area contributed by atoms with Crippen LogP contribution in [-0.2, 0) is 0 Å². The SMILES string of the molecule is Cc1cccc(C)c1.N=CN. The van der Waals surface area contributed by atoms with E-state index in [1.54, 1.807) is 0 Å². The van der Waals surface area contributed by atoms with Crippen LogP contribution in [0.15, 0.2) is 24.3 Å². The van der Waals surface area contributed by atoms with E-state index < -0.39 is 0 Å². The van der Waals surface area contributed by atoms with Crippen LogP contribution in [0.2, 0.25) is 0 Å². The van der Waals surface area contributed by atoms with E-state index in [-0.39, 0.29) is 0 Å². The summed E-state index contributed by atoms with van der Waals surface area (Å²) >= 11 is 0. The first-order valence-electron chi connectivity index (χ1n) is 3.44. The first-order valence-corrected chi connectivity index (χ1v) is 3.44. The van der Waals surface area contributed by atoms with Crippen LogP contribution in [0.4, 0.5) is 0 Å². The molecule has 2 nitrogen and oxygen atoms in total. The summed E-state index contributed by atoms with van der Waals surface area (Å²) in [5, 5.41) is 5.86. The normalized spacial score (nSPS) is 7.82. The number of hydrogen-bond donors (Lipinski definition) is 2. The largest absolute Gasteiger partial charge is 0.390 e. The lowest BCUT2D eigenvalue weighted by Crippen LogP contribution is -1.81. The fourth-order valence-electron chi connectivity index (χ4n) is 0.807. The van der Waals surface area contributed by atoms with E-state index in [4.69, 9.17) is 5.41 Å². The van der Waals surface area contributed by atoms with Gasteiger partial charge >= 0.3 is 0 Å². The van der Waals surface area contributed by atoms with Crippen molar-refractivity contribution in [3.05, 3.63) is 35.4 Å². The minimum atomic E-state index is 0.750. The van der Waals surface area contributed by atoms with Crippen LogP contribution in [0.3, 0.4) is 0 Å². The van der Waals surface area contributed by atoms with Crippen molar-refractivity contribution < 1.29 is 0 Å². The summed E-state index contributed by atoms with van der Waals surface area (Å²) < 4.78 is 0. The highest BCUT2D eigenvalue weighted by molar-refractivity contribution is 5.46. The van der Waals surface area contributed by atoms with Crippen LogP contribution in [0, 0.1) is 19.3 Å². The highest BCUT2D eigenvalue weighted by Crippen LogP contribution is 2.00. The van der Waals surface area contributed by atoms with Gasteiger partial charge in [0.15, 0.2) is 0 Å². The summed E-state index contributed by atoms with van der Waals surface area (Å²) in [5.74, 6) is 0. The Morgan fingerprint density at radius 1 is 1.27 bits per heavy atom. The van der Waals surface area contributed by atoms with Gasteiger partial charge in [0.05, 0.1) is 6.34 Å². The van der Waals surface area contributed by atoms with Gasteiger partial charge in [-0.15, -0.1) is 0 Å². The summed E-state index contributed by atoms with van der Waals surface area (Å²) in [4.78, 5) is 0. The second kappa shape index (κ2) is 5.47. The number of nitrogens with two attached hydrogens (primary N) is 1. The zero-order valence-corrected chi connectivity index (χ0v) is 6.96. The maximum atomic E-state index is 5.86. The van der Waals surface area contributed by atoms with Crippen molar-refractivity contribution in [1.29, 1.82) is 5.41 Å². The quantitative estimate of drug-likeness (QED) is 0.430. The van der Waals surface area contributed by atoms with Crippen LogP contribution < -0.4 is 5.73 Å². The van der Waals surface area contributed by atoms with Gasteiger partial charge in [-0.1, -0.05) is 35.4 Å². The maximum absolute atomic E-state index is 5.86. The van der Waals surface area contributed by atoms with Crippen molar-refractivity contribution in [3.63, 3.8) is 0 Å². The predicted molar refractivity (Wildman–Crippen MR) is 48.9 cm³/mol. The van der Waals surface area contributed by atoms with E-state index in [1.165, 1.54) is 11.1 Å². The highest BCUT2D eigenvalue weighted by Gasteiger charge is 1.80. The molecule has 0 aromatic heterocycles. The monoisotopic (exact) mass is 150 g/mol. The van der Waals surface area contributed by atoms with Crippen molar-refractivity contribution in [1.82, 2.24) is 0 Å². The van der Waals surface area contributed by atoms with Gasteiger partial charge in [0.25, 0.3) is 0 Å². The van der Waals surface area contributed by atoms with E-state index in [0.29, 0.717) is 0 Å². The van der Waals surface area contributed by atoms with Crippen LogP contribution >= 0.6 is 0 Å². The lowest BCUT2D eigenvalue weighted by molar-refractivity contribution is 1.39. The molecule has 3 N–H and O–H groups in total. The average Bonchev–Trinajstić information content (AvgIpc) is 1.88. The molecular formula is C9H14N2. The number of hydrogen-bond acceptors (Lipinski definition) is 1. The Morgan fingerprint density at radius 3 is 1.82 bits per heavy atom. The van der Waals surface area contributed by atoms with Gasteiger partial charge in [0, 0.05) is 0 Å². The Bertz CT molecular complexity index is 201. The van der Waals surface area contributed by atoms with E-state index in [9.17, 15) is 0 Å². The average molecular weight is 150 g/mol. The number of rotatable bonds is 0. The Hall–Kier alpha value is -1.31. The van der Waals surface area contributed by atoms with Crippen molar-refractivity contribution in [2.45, 2.75) is 13.8 Å². The zero-order chi connectivity index (χ0) is 8.69. The third-order valence-corrected chi connectivity index (χ3v) is 1.17. The lowest BCUT2D eigenvalue weighted by atomic mass is 10.2. The number of nitrogens with one attached hydrogen (secondary N) is 1. The second-order valence-electron chi connectivity index (χ2n) is 2.32. The first kappa shape index (κ1) is 9.69. The molecule has 0 atom stereocenters. The number of aryl methyl sites for hydroxylation is 2. The molecule has 0 aliphatic rings. The number of benzene rings is 1. The van der Waals surface area contributed by atoms with Crippen molar-refractivity contribution >= 4 is 6.34 Å². The van der Waals surface area contributed by atoms with Crippen LogP contribution in [0.1, 0.15) is 11.1 Å². The van der Waals surface area contributed by atoms with Gasteiger partial charge in [0.2, 0.25) is 0 Å². The fourth-order valence-corrected chi connectivity index (χ4v) is 0.807. The molecule has 11 heavy (non-hydrogen) atoms. The smallest absolute Gasteiger partial charge is 0.0765 e. The third kappa shape index (κ3) is 5.15. The summed E-state index contributed by atoms with van der Waals surface area (Å²) in [7, 11) is 0. The molecule has 0 unspecified atom stereocenters. The van der Waals surface area contributed by atoms with E-state index >= 15 is 0 Å². The standard InChI is InChI=1S/C8H10.CH4N2/c1-7-4-3-5-8(2)6-7;2-1-3/h3-6H,1-2H3;1H,(H3,2,3). The summed E-state index contributed by atoms with van der Waals surface area (Å²) in [6, 6.07) is 8.45. The molecule has 0 bridgehead atoms. The van der Waals surface area contributed by atoms with Gasteiger partial charge in [-0.05, 0) is 13.8 Å². The third-order valence-electron chi connectivity index (χ3n) is 1.17. The van der Waals surface area contributed by atoms with Crippen molar-refractivity contribution in [2.75, 3.05) is 0 Å². The molecule has 1 aromatic carbocycles. The molecule has 1 rings (SSSR count). The molecular weight excluding hydrogens is 136 g/mol. The van der Waals surface area contributed by atoms with Crippen molar-refractivity contribution in [3.8, 4) is 0 Å². The molecule has 0 fully saturated rings. The van der Waals surface area contributed by atoms with Crippen molar-refractivity contribution in [2.24, 2.45) is 5.73 Å². The van der Waals surface area contributed by atoms with Crippen LogP contribution in [-0.4, -0.2) is 6.34 Å². The topological polar surface area (TPSA) is 49.9 Å². The predicted octanol–water partition coefficient (Wildman–Crippen LogP) is 1.86. The molecule has 60 valence electrons. The molecule has 0 saturated heterocycles. The molecule has 0 heterocycles. The molecule has 0 radical (unpaired) electrons. The molecule has 2 heteroatoms. The molecule has 0 saturated carbocycles. The van der Waals surface area contributed by atoms with E-state index in [0.717, 1.165) is 6.34 Å². The van der Waals surface area contributed by atoms with Gasteiger partial charge in [-0.25, -0.2) is 0 Å². The maximum Gasteiger partial charge on any atom is 0.0765 e. The minimum Gasteiger partial charge on any atom is -0.390 e. The lowest BCUT2D eigenvalue weighted by Gasteiger charge is -1.90.